The van der Waals surface area contributed by atoms with Gasteiger partial charge in [-0.1, -0.05) is 71.6 Å². The Morgan fingerprint density at radius 2 is 0.667 bits per heavy atom. The van der Waals surface area contributed by atoms with Gasteiger partial charge in [0, 0.05) is 0 Å². The van der Waals surface area contributed by atoms with E-state index in [1.165, 1.54) is 106 Å². The summed E-state index contributed by atoms with van der Waals surface area (Å²) in [5.74, 6) is 5.60. The second-order valence-corrected chi connectivity index (χ2v) is 8.56. The Morgan fingerprint density at radius 1 is 0.381 bits per heavy atom. The van der Waals surface area contributed by atoms with E-state index in [-0.39, 0.29) is 0 Å². The van der Waals surface area contributed by atoms with Crippen LogP contribution in [0.4, 0.5) is 0 Å². The third-order valence-electron chi connectivity index (χ3n) is 3.86. The highest BCUT2D eigenvalue weighted by Gasteiger charge is 1.94. The molecule has 2 heteroatoms. The smallest absolute Gasteiger partial charge is 0.00675 e. The molecule has 0 aliphatic heterocycles. The molecule has 0 spiro atoms. The summed E-state index contributed by atoms with van der Waals surface area (Å²) in [6, 6.07) is 0. The fourth-order valence-electron chi connectivity index (χ4n) is 2.40. The van der Waals surface area contributed by atoms with E-state index in [0.717, 1.165) is 0 Å². The van der Waals surface area contributed by atoms with Crippen LogP contribution in [0, 0.1) is 0 Å². The second kappa shape index (κ2) is 20.7. The van der Waals surface area contributed by atoms with Crippen molar-refractivity contribution in [1.82, 2.24) is 0 Å². The first kappa shape index (κ1) is 21.7. The quantitative estimate of drug-likeness (QED) is 0.237. The van der Waals surface area contributed by atoms with E-state index in [0.29, 0.717) is 0 Å². The van der Waals surface area contributed by atoms with Crippen molar-refractivity contribution in [3.8, 4) is 0 Å². The standard InChI is InChI=1S/C19H40S2/c1-3-5-7-9-13-17-21-19-15-11-10-14-18-20-16-12-8-6-4-2/h3-19H2,1-2H3. The minimum Gasteiger partial charge on any atom is -0.162 e. The van der Waals surface area contributed by atoms with Crippen molar-refractivity contribution in [2.45, 2.75) is 97.3 Å². The maximum Gasteiger partial charge on any atom is -0.00675 e. The minimum atomic E-state index is 1.36. The van der Waals surface area contributed by atoms with E-state index in [4.69, 9.17) is 0 Å². The summed E-state index contributed by atoms with van der Waals surface area (Å²) < 4.78 is 0. The van der Waals surface area contributed by atoms with Gasteiger partial charge in [0.2, 0.25) is 0 Å². The third-order valence-corrected chi connectivity index (χ3v) is 6.17. The first-order valence-electron chi connectivity index (χ1n) is 9.57. The summed E-state index contributed by atoms with van der Waals surface area (Å²) in [5.41, 5.74) is 0. The number of thioether (sulfide) groups is 2. The maximum atomic E-state index is 2.29. The SMILES string of the molecule is CCCCCCCSCCCCCCSCCCCCC. The average Bonchev–Trinajstić information content (AvgIpc) is 2.50. The summed E-state index contributed by atoms with van der Waals surface area (Å²) in [5, 5.41) is 0. The molecule has 0 aliphatic carbocycles. The highest BCUT2D eigenvalue weighted by Crippen LogP contribution is 2.14. The summed E-state index contributed by atoms with van der Waals surface area (Å²) in [4.78, 5) is 0. The topological polar surface area (TPSA) is 0 Å². The monoisotopic (exact) mass is 332 g/mol. The van der Waals surface area contributed by atoms with E-state index in [2.05, 4.69) is 37.4 Å². The molecule has 0 aromatic carbocycles. The second-order valence-electron chi connectivity index (χ2n) is 6.11. The first-order valence-corrected chi connectivity index (χ1v) is 11.9. The molecule has 0 nitrogen and oxygen atoms in total. The zero-order valence-corrected chi connectivity index (χ0v) is 16.5. The van der Waals surface area contributed by atoms with Gasteiger partial charge in [0.25, 0.3) is 0 Å². The normalized spacial score (nSPS) is 11.1. The molecule has 0 amide bonds. The van der Waals surface area contributed by atoms with Crippen LogP contribution in [-0.2, 0) is 0 Å². The molecule has 0 saturated carbocycles. The molecule has 128 valence electrons. The Morgan fingerprint density at radius 3 is 1.00 bits per heavy atom. The summed E-state index contributed by atoms with van der Waals surface area (Å²) in [7, 11) is 0. The van der Waals surface area contributed by atoms with Crippen molar-refractivity contribution in [2.24, 2.45) is 0 Å². The van der Waals surface area contributed by atoms with Gasteiger partial charge in [0.15, 0.2) is 0 Å². The van der Waals surface area contributed by atoms with Crippen LogP contribution in [-0.4, -0.2) is 23.0 Å². The van der Waals surface area contributed by atoms with Crippen molar-refractivity contribution in [3.63, 3.8) is 0 Å². The molecule has 0 heterocycles. The fraction of sp³-hybridized carbons (Fsp3) is 1.00. The van der Waals surface area contributed by atoms with Gasteiger partial charge in [0.05, 0.1) is 0 Å². The molecule has 0 radical (unpaired) electrons. The summed E-state index contributed by atoms with van der Waals surface area (Å²) in [6.45, 7) is 4.58. The Hall–Kier alpha value is 0.700. The Bertz CT molecular complexity index is 153. The molecular weight excluding hydrogens is 292 g/mol. The van der Waals surface area contributed by atoms with E-state index in [1.807, 2.05) is 0 Å². The predicted octanol–water partition coefficient (Wildman–Crippen LogP) is 7.56. The van der Waals surface area contributed by atoms with Crippen LogP contribution in [0.3, 0.4) is 0 Å². The van der Waals surface area contributed by atoms with Crippen LogP contribution in [0.2, 0.25) is 0 Å². The van der Waals surface area contributed by atoms with Crippen molar-refractivity contribution < 1.29 is 0 Å². The largest absolute Gasteiger partial charge is 0.162 e. The highest BCUT2D eigenvalue weighted by atomic mass is 32.2. The van der Waals surface area contributed by atoms with Gasteiger partial charge in [-0.25, -0.2) is 0 Å². The van der Waals surface area contributed by atoms with Gasteiger partial charge in [-0.15, -0.1) is 0 Å². The minimum absolute atomic E-state index is 1.36. The summed E-state index contributed by atoms with van der Waals surface area (Å²) in [6.07, 6.45) is 18.6. The molecular formula is C19H40S2. The Labute approximate surface area is 144 Å². The van der Waals surface area contributed by atoms with Gasteiger partial charge >= 0.3 is 0 Å². The van der Waals surface area contributed by atoms with E-state index in [9.17, 15) is 0 Å². The predicted molar refractivity (Wildman–Crippen MR) is 106 cm³/mol. The number of hydrogen-bond acceptors (Lipinski definition) is 2. The van der Waals surface area contributed by atoms with Crippen LogP contribution in [0.5, 0.6) is 0 Å². The lowest BCUT2D eigenvalue weighted by Crippen LogP contribution is -1.88. The Balaban J connectivity index is 2.90. The first-order chi connectivity index (χ1) is 10.4. The number of hydrogen-bond donors (Lipinski definition) is 0. The molecule has 0 unspecified atom stereocenters. The van der Waals surface area contributed by atoms with Crippen molar-refractivity contribution in [3.05, 3.63) is 0 Å². The van der Waals surface area contributed by atoms with Crippen LogP contribution >= 0.6 is 23.5 Å². The molecule has 0 aromatic rings. The molecule has 0 aromatic heterocycles. The molecule has 0 fully saturated rings. The molecule has 0 bridgehead atoms. The van der Waals surface area contributed by atoms with E-state index < -0.39 is 0 Å². The van der Waals surface area contributed by atoms with Gasteiger partial charge < -0.3 is 0 Å². The van der Waals surface area contributed by atoms with Gasteiger partial charge in [-0.05, 0) is 48.7 Å². The number of rotatable bonds is 18. The number of unbranched alkanes of at least 4 members (excludes halogenated alkanes) is 10. The lowest BCUT2D eigenvalue weighted by Gasteiger charge is -2.03. The van der Waals surface area contributed by atoms with Crippen LogP contribution in [0.1, 0.15) is 97.3 Å². The zero-order chi connectivity index (χ0) is 15.4. The van der Waals surface area contributed by atoms with Gasteiger partial charge in [-0.3, -0.25) is 0 Å². The molecule has 0 atom stereocenters. The maximum absolute atomic E-state index is 2.29. The van der Waals surface area contributed by atoms with Crippen LogP contribution in [0.15, 0.2) is 0 Å². The van der Waals surface area contributed by atoms with E-state index >= 15 is 0 Å². The summed E-state index contributed by atoms with van der Waals surface area (Å²) >= 11 is 4.37. The van der Waals surface area contributed by atoms with Crippen LogP contribution < -0.4 is 0 Å². The van der Waals surface area contributed by atoms with E-state index in [1.54, 1.807) is 0 Å². The van der Waals surface area contributed by atoms with Crippen molar-refractivity contribution in [1.29, 1.82) is 0 Å². The highest BCUT2D eigenvalue weighted by molar-refractivity contribution is 7.99. The molecule has 0 aliphatic rings. The average molecular weight is 333 g/mol. The lowest BCUT2D eigenvalue weighted by molar-refractivity contribution is 0.659. The van der Waals surface area contributed by atoms with Gasteiger partial charge in [-0.2, -0.15) is 23.5 Å². The zero-order valence-electron chi connectivity index (χ0n) is 14.8. The lowest BCUT2D eigenvalue weighted by atomic mass is 10.2. The Kier molecular flexibility index (Phi) is 21.4. The third kappa shape index (κ3) is 20.7. The van der Waals surface area contributed by atoms with Gasteiger partial charge in [0.1, 0.15) is 0 Å². The fourth-order valence-corrected chi connectivity index (χ4v) is 4.45. The molecule has 0 rings (SSSR count). The molecule has 0 saturated heterocycles. The van der Waals surface area contributed by atoms with Crippen LogP contribution in [0.25, 0.3) is 0 Å². The molecule has 21 heavy (non-hydrogen) atoms. The van der Waals surface area contributed by atoms with Crippen molar-refractivity contribution in [2.75, 3.05) is 23.0 Å². The molecule has 0 N–H and O–H groups in total. The van der Waals surface area contributed by atoms with Crippen molar-refractivity contribution >= 4 is 23.5 Å².